The second-order valence-electron chi connectivity index (χ2n) is 6.45. The van der Waals surface area contributed by atoms with Crippen molar-refractivity contribution in [2.75, 3.05) is 0 Å². The molecule has 3 rings (SSSR count). The first-order valence-electron chi connectivity index (χ1n) is 8.75. The van der Waals surface area contributed by atoms with Crippen LogP contribution in [0.15, 0.2) is 83.8 Å². The molecule has 1 atom stereocenters. The summed E-state index contributed by atoms with van der Waals surface area (Å²) >= 11 is 5.85. The van der Waals surface area contributed by atoms with E-state index in [2.05, 4.69) is 5.32 Å². The second-order valence-corrected chi connectivity index (χ2v) is 8.92. The van der Waals surface area contributed by atoms with Crippen LogP contribution in [-0.2, 0) is 9.84 Å². The first kappa shape index (κ1) is 20.8. The van der Waals surface area contributed by atoms with Gasteiger partial charge in [0, 0.05) is 16.1 Å². The summed E-state index contributed by atoms with van der Waals surface area (Å²) in [6.07, 6.45) is 0. The molecular weight excluding hydrogens is 410 g/mol. The Bertz CT molecular complexity index is 1130. The molecule has 5 nitrogen and oxygen atoms in total. The van der Waals surface area contributed by atoms with E-state index in [4.69, 9.17) is 11.6 Å². The van der Waals surface area contributed by atoms with Gasteiger partial charge in [0.25, 0.3) is 5.91 Å². The summed E-state index contributed by atoms with van der Waals surface area (Å²) in [7, 11) is -4.22. The molecule has 0 bridgehead atoms. The quantitative estimate of drug-likeness (QED) is 0.601. The van der Waals surface area contributed by atoms with Crippen LogP contribution in [0.3, 0.4) is 0 Å². The number of Topliss-reactive ketones (excluding diaryl/α,β-unsaturated/α-hetero) is 1. The van der Waals surface area contributed by atoms with Crippen molar-refractivity contribution in [3.63, 3.8) is 0 Å². The number of sulfone groups is 1. The number of hydrogen-bond donors (Lipinski definition) is 1. The third-order valence-corrected chi connectivity index (χ3v) is 6.46. The zero-order valence-electron chi connectivity index (χ0n) is 15.5. The molecule has 3 aromatic carbocycles. The third-order valence-electron chi connectivity index (χ3n) is 4.32. The number of nitrogens with one attached hydrogen (secondary N) is 1. The van der Waals surface area contributed by atoms with Crippen LogP contribution < -0.4 is 5.32 Å². The van der Waals surface area contributed by atoms with Crippen LogP contribution in [0.25, 0.3) is 0 Å². The van der Waals surface area contributed by atoms with E-state index in [9.17, 15) is 18.0 Å². The first-order chi connectivity index (χ1) is 13.8. The van der Waals surface area contributed by atoms with E-state index >= 15 is 0 Å². The highest BCUT2D eigenvalue weighted by Crippen LogP contribution is 2.21. The van der Waals surface area contributed by atoms with Crippen molar-refractivity contribution in [3.05, 3.63) is 101 Å². The molecule has 29 heavy (non-hydrogen) atoms. The molecule has 0 heterocycles. The largest absolute Gasteiger partial charge is 0.329 e. The van der Waals surface area contributed by atoms with Crippen LogP contribution in [0.5, 0.6) is 0 Å². The monoisotopic (exact) mass is 427 g/mol. The van der Waals surface area contributed by atoms with Crippen LogP contribution in [0, 0.1) is 6.92 Å². The maximum atomic E-state index is 13.2. The molecule has 7 heteroatoms. The van der Waals surface area contributed by atoms with Crippen molar-refractivity contribution in [1.29, 1.82) is 0 Å². The fourth-order valence-corrected chi connectivity index (χ4v) is 4.30. The highest BCUT2D eigenvalue weighted by molar-refractivity contribution is 7.92. The number of carbonyl (C=O) groups is 2. The molecule has 0 radical (unpaired) electrons. The minimum absolute atomic E-state index is 0.111. The van der Waals surface area contributed by atoms with Crippen molar-refractivity contribution < 1.29 is 18.0 Å². The van der Waals surface area contributed by atoms with E-state index in [1.807, 2.05) is 6.92 Å². The average molecular weight is 428 g/mol. The third kappa shape index (κ3) is 4.72. The van der Waals surface area contributed by atoms with Gasteiger partial charge in [-0.25, -0.2) is 8.42 Å². The fourth-order valence-electron chi connectivity index (χ4n) is 2.71. The van der Waals surface area contributed by atoms with E-state index in [0.29, 0.717) is 5.02 Å². The summed E-state index contributed by atoms with van der Waals surface area (Å²) in [5.41, 5.74) is 1.39. The molecule has 0 saturated carbocycles. The molecule has 1 N–H and O–H groups in total. The molecule has 1 unspecified atom stereocenters. The van der Waals surface area contributed by atoms with Crippen molar-refractivity contribution in [1.82, 2.24) is 5.32 Å². The van der Waals surface area contributed by atoms with Gasteiger partial charge in [0.05, 0.1) is 4.90 Å². The molecule has 148 valence electrons. The average Bonchev–Trinajstić information content (AvgIpc) is 2.72. The van der Waals surface area contributed by atoms with Crippen LogP contribution in [0.1, 0.15) is 26.3 Å². The van der Waals surface area contributed by atoms with Gasteiger partial charge in [0.2, 0.25) is 15.6 Å². The van der Waals surface area contributed by atoms with Gasteiger partial charge in [-0.2, -0.15) is 0 Å². The molecule has 0 aromatic heterocycles. The molecule has 0 aliphatic carbocycles. The van der Waals surface area contributed by atoms with E-state index in [1.165, 1.54) is 36.4 Å². The summed E-state index contributed by atoms with van der Waals surface area (Å²) in [5.74, 6) is -1.38. The first-order valence-corrected chi connectivity index (χ1v) is 10.7. The molecule has 0 aliphatic rings. The number of amides is 1. The molecule has 3 aromatic rings. The lowest BCUT2D eigenvalue weighted by Crippen LogP contribution is -2.46. The Morgan fingerprint density at radius 1 is 0.828 bits per heavy atom. The van der Waals surface area contributed by atoms with E-state index in [1.54, 1.807) is 42.5 Å². The molecule has 0 saturated heterocycles. The van der Waals surface area contributed by atoms with Gasteiger partial charge in [0.15, 0.2) is 5.37 Å². The van der Waals surface area contributed by atoms with Crippen LogP contribution in [-0.4, -0.2) is 25.5 Å². The van der Waals surface area contributed by atoms with Crippen molar-refractivity contribution >= 4 is 33.1 Å². The summed E-state index contributed by atoms with van der Waals surface area (Å²) in [4.78, 5) is 25.6. The Kier molecular flexibility index (Phi) is 6.15. The second kappa shape index (κ2) is 8.59. The number of carbonyl (C=O) groups excluding carboxylic acids is 2. The SMILES string of the molecule is Cc1ccc(C(=O)NC(C(=O)c2ccccc2)S(=O)(=O)c2ccc(Cl)cc2)cc1. The zero-order valence-corrected chi connectivity index (χ0v) is 17.1. The fraction of sp³-hybridized carbons (Fsp3) is 0.0909. The Labute approximate surface area is 174 Å². The van der Waals surface area contributed by atoms with Gasteiger partial charge in [-0.15, -0.1) is 0 Å². The number of benzene rings is 3. The van der Waals surface area contributed by atoms with Crippen LogP contribution in [0.4, 0.5) is 0 Å². The van der Waals surface area contributed by atoms with E-state index in [0.717, 1.165) is 5.56 Å². The maximum absolute atomic E-state index is 13.2. The van der Waals surface area contributed by atoms with E-state index in [-0.39, 0.29) is 16.0 Å². The summed E-state index contributed by atoms with van der Waals surface area (Å²) < 4.78 is 26.4. The lowest BCUT2D eigenvalue weighted by atomic mass is 10.1. The number of aryl methyl sites for hydroxylation is 1. The molecule has 0 spiro atoms. The highest BCUT2D eigenvalue weighted by Gasteiger charge is 2.36. The normalized spacial score (nSPS) is 12.2. The van der Waals surface area contributed by atoms with Crippen molar-refractivity contribution in [2.45, 2.75) is 17.2 Å². The lowest BCUT2D eigenvalue weighted by molar-refractivity contribution is 0.0888. The topological polar surface area (TPSA) is 80.3 Å². The Morgan fingerprint density at radius 3 is 2.00 bits per heavy atom. The maximum Gasteiger partial charge on any atom is 0.252 e. The van der Waals surface area contributed by atoms with Crippen LogP contribution in [0.2, 0.25) is 5.02 Å². The Balaban J connectivity index is 2.01. The van der Waals surface area contributed by atoms with Gasteiger partial charge < -0.3 is 5.32 Å². The van der Waals surface area contributed by atoms with Gasteiger partial charge in [0.1, 0.15) is 0 Å². The number of halogens is 1. The molecule has 0 fully saturated rings. The molecule has 0 aliphatic heterocycles. The molecular formula is C22H18ClNO4S. The smallest absolute Gasteiger partial charge is 0.252 e. The minimum atomic E-state index is -4.22. The van der Waals surface area contributed by atoms with Crippen LogP contribution >= 0.6 is 11.6 Å². The summed E-state index contributed by atoms with van der Waals surface area (Å²) in [6, 6.07) is 20.0. The predicted molar refractivity (Wildman–Crippen MR) is 112 cm³/mol. The Morgan fingerprint density at radius 2 is 1.41 bits per heavy atom. The number of ketones is 1. The lowest BCUT2D eigenvalue weighted by Gasteiger charge is -2.19. The highest BCUT2D eigenvalue weighted by atomic mass is 35.5. The molecule has 1 amide bonds. The predicted octanol–water partition coefficient (Wildman–Crippen LogP) is 4.06. The number of hydrogen-bond acceptors (Lipinski definition) is 4. The zero-order chi connectivity index (χ0) is 21.0. The van der Waals surface area contributed by atoms with Gasteiger partial charge in [-0.1, -0.05) is 59.6 Å². The number of rotatable bonds is 6. The van der Waals surface area contributed by atoms with Gasteiger partial charge >= 0.3 is 0 Å². The Hall–Kier alpha value is -2.96. The van der Waals surface area contributed by atoms with Gasteiger partial charge in [-0.05, 0) is 43.3 Å². The van der Waals surface area contributed by atoms with E-state index < -0.39 is 26.9 Å². The van der Waals surface area contributed by atoms with Gasteiger partial charge in [-0.3, -0.25) is 9.59 Å². The summed E-state index contributed by atoms with van der Waals surface area (Å²) in [5, 5.41) is 0.977. The standard InChI is InChI=1S/C22H18ClNO4S/c1-15-7-9-17(10-8-15)21(26)24-22(20(25)16-5-3-2-4-6-16)29(27,28)19-13-11-18(23)12-14-19/h2-14,22H,1H3,(H,24,26). The van der Waals surface area contributed by atoms with Crippen molar-refractivity contribution in [3.8, 4) is 0 Å². The summed E-state index contributed by atoms with van der Waals surface area (Å²) in [6.45, 7) is 1.87. The minimum Gasteiger partial charge on any atom is -0.329 e. The van der Waals surface area contributed by atoms with Crippen molar-refractivity contribution in [2.24, 2.45) is 0 Å².